The number of carboxylic acids is 1. The standard InChI is InChI=1S/C10H11NO3S2/c1-6-9(14)11(5-8(12)13)10(16-6)7-3-2-4-15-7/h2-4,6,10H,5H2,1H3,(H,12,13)/p-1/t6-,10+/m0/s1. The number of carbonyl (C=O) groups excluding carboxylic acids is 2. The Labute approximate surface area is 101 Å². The van der Waals surface area contributed by atoms with Gasteiger partial charge in [0.1, 0.15) is 5.37 Å². The third kappa shape index (κ3) is 2.08. The van der Waals surface area contributed by atoms with Crippen LogP contribution in [0.15, 0.2) is 17.5 Å². The van der Waals surface area contributed by atoms with E-state index in [-0.39, 0.29) is 23.1 Å². The third-order valence-electron chi connectivity index (χ3n) is 2.33. The zero-order chi connectivity index (χ0) is 11.7. The van der Waals surface area contributed by atoms with Crippen molar-refractivity contribution < 1.29 is 14.7 Å². The van der Waals surface area contributed by atoms with Crippen LogP contribution in [0.4, 0.5) is 0 Å². The minimum Gasteiger partial charge on any atom is -0.548 e. The summed E-state index contributed by atoms with van der Waals surface area (Å²) in [6.07, 6.45) is 0. The predicted molar refractivity (Wildman–Crippen MR) is 60.8 cm³/mol. The van der Waals surface area contributed by atoms with Crippen molar-refractivity contribution in [3.63, 3.8) is 0 Å². The highest BCUT2D eigenvalue weighted by Crippen LogP contribution is 2.43. The number of nitrogens with zero attached hydrogens (tertiary/aromatic N) is 1. The average Bonchev–Trinajstić information content (AvgIpc) is 2.81. The van der Waals surface area contributed by atoms with Gasteiger partial charge in [0.05, 0.1) is 17.8 Å². The van der Waals surface area contributed by atoms with Crippen LogP contribution < -0.4 is 5.11 Å². The molecule has 0 N–H and O–H groups in total. The molecule has 0 unspecified atom stereocenters. The van der Waals surface area contributed by atoms with E-state index in [4.69, 9.17) is 0 Å². The molecule has 6 heteroatoms. The molecule has 2 atom stereocenters. The van der Waals surface area contributed by atoms with E-state index >= 15 is 0 Å². The van der Waals surface area contributed by atoms with Crippen LogP contribution in [0.3, 0.4) is 0 Å². The van der Waals surface area contributed by atoms with E-state index in [0.717, 1.165) is 4.88 Å². The Morgan fingerprint density at radius 2 is 2.38 bits per heavy atom. The molecular weight excluding hydrogens is 246 g/mol. The maximum absolute atomic E-state index is 11.8. The number of thiophene rings is 1. The fourth-order valence-electron chi connectivity index (χ4n) is 1.63. The fraction of sp³-hybridized carbons (Fsp3) is 0.400. The van der Waals surface area contributed by atoms with Gasteiger partial charge >= 0.3 is 0 Å². The van der Waals surface area contributed by atoms with Gasteiger partial charge in [0.25, 0.3) is 0 Å². The number of aliphatic carboxylic acids is 1. The first kappa shape index (κ1) is 11.5. The van der Waals surface area contributed by atoms with Gasteiger partial charge in [-0.3, -0.25) is 4.79 Å². The lowest BCUT2D eigenvalue weighted by atomic mass is 10.3. The van der Waals surface area contributed by atoms with Crippen LogP contribution >= 0.6 is 23.1 Å². The molecule has 1 aliphatic heterocycles. The fourth-order valence-corrected chi connectivity index (χ4v) is 3.85. The maximum Gasteiger partial charge on any atom is 0.237 e. The van der Waals surface area contributed by atoms with Crippen molar-refractivity contribution in [2.45, 2.75) is 17.5 Å². The van der Waals surface area contributed by atoms with Crippen molar-refractivity contribution in [1.82, 2.24) is 4.90 Å². The first-order chi connectivity index (χ1) is 7.59. The van der Waals surface area contributed by atoms with Gasteiger partial charge in [-0.2, -0.15) is 0 Å². The summed E-state index contributed by atoms with van der Waals surface area (Å²) >= 11 is 3.00. The van der Waals surface area contributed by atoms with Crippen LogP contribution in [0.5, 0.6) is 0 Å². The van der Waals surface area contributed by atoms with Crippen molar-refractivity contribution in [1.29, 1.82) is 0 Å². The number of rotatable bonds is 3. The Morgan fingerprint density at radius 1 is 1.62 bits per heavy atom. The van der Waals surface area contributed by atoms with Crippen molar-refractivity contribution in [3.05, 3.63) is 22.4 Å². The second-order valence-corrected chi connectivity index (χ2v) is 5.89. The molecule has 0 aromatic carbocycles. The molecule has 1 aromatic rings. The zero-order valence-corrected chi connectivity index (χ0v) is 10.2. The number of carbonyl (C=O) groups is 2. The van der Waals surface area contributed by atoms with Gasteiger partial charge in [0.15, 0.2) is 0 Å². The summed E-state index contributed by atoms with van der Waals surface area (Å²) in [7, 11) is 0. The van der Waals surface area contributed by atoms with Crippen LogP contribution in [0.25, 0.3) is 0 Å². The Balaban J connectivity index is 2.23. The molecule has 0 spiro atoms. The predicted octanol–water partition coefficient (Wildman–Crippen LogP) is 0.460. The van der Waals surface area contributed by atoms with Crippen molar-refractivity contribution in [3.8, 4) is 0 Å². The van der Waals surface area contributed by atoms with Crippen molar-refractivity contribution >= 4 is 35.0 Å². The molecule has 16 heavy (non-hydrogen) atoms. The van der Waals surface area contributed by atoms with E-state index in [1.54, 1.807) is 6.92 Å². The Bertz CT molecular complexity index is 404. The van der Waals surface area contributed by atoms with Gasteiger partial charge in [-0.05, 0) is 18.4 Å². The lowest BCUT2D eigenvalue weighted by Gasteiger charge is -2.23. The molecule has 0 bridgehead atoms. The Kier molecular flexibility index (Phi) is 3.20. The molecule has 1 saturated heterocycles. The molecule has 2 rings (SSSR count). The molecule has 1 aromatic heterocycles. The first-order valence-electron chi connectivity index (χ1n) is 4.79. The lowest BCUT2D eigenvalue weighted by Crippen LogP contribution is -2.40. The molecular formula is C10H10NO3S2-. The number of hydrogen-bond donors (Lipinski definition) is 0. The topological polar surface area (TPSA) is 60.4 Å². The van der Waals surface area contributed by atoms with E-state index in [1.165, 1.54) is 28.0 Å². The quantitative estimate of drug-likeness (QED) is 0.788. The average molecular weight is 256 g/mol. The van der Waals surface area contributed by atoms with Gasteiger partial charge in [0, 0.05) is 4.88 Å². The van der Waals surface area contributed by atoms with Crippen LogP contribution in [-0.4, -0.2) is 28.6 Å². The van der Waals surface area contributed by atoms with E-state index in [9.17, 15) is 14.7 Å². The van der Waals surface area contributed by atoms with E-state index in [1.807, 2.05) is 17.5 Å². The highest BCUT2D eigenvalue weighted by atomic mass is 32.2. The number of hydrogen-bond acceptors (Lipinski definition) is 5. The molecule has 1 fully saturated rings. The van der Waals surface area contributed by atoms with Gasteiger partial charge in [-0.1, -0.05) is 6.07 Å². The summed E-state index contributed by atoms with van der Waals surface area (Å²) in [4.78, 5) is 24.8. The Morgan fingerprint density at radius 3 is 2.94 bits per heavy atom. The van der Waals surface area contributed by atoms with E-state index in [0.29, 0.717) is 0 Å². The van der Waals surface area contributed by atoms with E-state index < -0.39 is 5.97 Å². The highest BCUT2D eigenvalue weighted by Gasteiger charge is 2.38. The summed E-state index contributed by atoms with van der Waals surface area (Å²) in [5.41, 5.74) is 0. The molecule has 1 amide bonds. The van der Waals surface area contributed by atoms with Gasteiger partial charge in [-0.15, -0.1) is 23.1 Å². The zero-order valence-electron chi connectivity index (χ0n) is 8.58. The van der Waals surface area contributed by atoms with Crippen molar-refractivity contribution in [2.75, 3.05) is 6.54 Å². The number of carboxylic acid groups (broad SMARTS) is 1. The van der Waals surface area contributed by atoms with Crippen LogP contribution in [0.2, 0.25) is 0 Å². The third-order valence-corrected chi connectivity index (χ3v) is 4.78. The Hall–Kier alpha value is -1.01. The normalized spacial score (nSPS) is 25.1. The summed E-state index contributed by atoms with van der Waals surface area (Å²) in [5.74, 6) is -1.35. The van der Waals surface area contributed by atoms with Crippen LogP contribution in [0.1, 0.15) is 17.2 Å². The second-order valence-electron chi connectivity index (χ2n) is 3.48. The first-order valence-corrected chi connectivity index (χ1v) is 6.61. The SMILES string of the molecule is C[C@@H]1S[C@H](c2cccs2)N(CC(=O)[O-])C1=O. The molecule has 0 saturated carbocycles. The molecule has 2 heterocycles. The smallest absolute Gasteiger partial charge is 0.237 e. The summed E-state index contributed by atoms with van der Waals surface area (Å²) < 4.78 is 0. The van der Waals surface area contributed by atoms with Gasteiger partial charge in [-0.25, -0.2) is 0 Å². The number of amides is 1. The molecule has 86 valence electrons. The summed E-state index contributed by atoms with van der Waals surface area (Å²) in [6, 6.07) is 3.81. The highest BCUT2D eigenvalue weighted by molar-refractivity contribution is 8.01. The number of thioether (sulfide) groups is 1. The van der Waals surface area contributed by atoms with Crippen LogP contribution in [0, 0.1) is 0 Å². The molecule has 0 radical (unpaired) electrons. The minimum absolute atomic E-state index is 0.132. The lowest BCUT2D eigenvalue weighted by molar-refractivity contribution is -0.306. The summed E-state index contributed by atoms with van der Waals surface area (Å²) in [6.45, 7) is 1.46. The summed E-state index contributed by atoms with van der Waals surface area (Å²) in [5, 5.41) is 12.2. The molecule has 0 aliphatic carbocycles. The molecule has 4 nitrogen and oxygen atoms in total. The van der Waals surface area contributed by atoms with Crippen LogP contribution in [-0.2, 0) is 9.59 Å². The van der Waals surface area contributed by atoms with Crippen molar-refractivity contribution in [2.24, 2.45) is 0 Å². The minimum atomic E-state index is -1.22. The van der Waals surface area contributed by atoms with Gasteiger partial charge in [0.2, 0.25) is 5.91 Å². The van der Waals surface area contributed by atoms with Gasteiger partial charge < -0.3 is 14.8 Å². The largest absolute Gasteiger partial charge is 0.548 e. The van der Waals surface area contributed by atoms with E-state index in [2.05, 4.69) is 0 Å². The second kappa shape index (κ2) is 4.47. The monoisotopic (exact) mass is 256 g/mol. The molecule has 1 aliphatic rings. The maximum atomic E-state index is 11.8.